The lowest BCUT2D eigenvalue weighted by Gasteiger charge is -2.11. The lowest BCUT2D eigenvalue weighted by Crippen LogP contribution is -2.23. The molecule has 3 aromatic rings. The van der Waals surface area contributed by atoms with E-state index in [4.69, 9.17) is 9.47 Å². The molecule has 0 aliphatic rings. The molecular formula is C19H16BrFN2O4S. The molecule has 0 aliphatic carbocycles. The highest BCUT2D eigenvalue weighted by Gasteiger charge is 2.19. The summed E-state index contributed by atoms with van der Waals surface area (Å²) in [6.07, 6.45) is 1.48. The van der Waals surface area contributed by atoms with Crippen LogP contribution in [-0.4, -0.2) is 20.5 Å². The van der Waals surface area contributed by atoms with Crippen molar-refractivity contribution in [2.45, 2.75) is 11.4 Å². The molecule has 146 valence electrons. The Kier molecular flexibility index (Phi) is 6.28. The summed E-state index contributed by atoms with van der Waals surface area (Å²) in [5.74, 6) is 0.424. The van der Waals surface area contributed by atoms with Gasteiger partial charge in [0.05, 0.1) is 7.11 Å². The first-order valence-electron chi connectivity index (χ1n) is 8.09. The van der Waals surface area contributed by atoms with Crippen LogP contribution in [0.25, 0.3) is 0 Å². The summed E-state index contributed by atoms with van der Waals surface area (Å²) in [5.41, 5.74) is 0.629. The Balaban J connectivity index is 1.68. The Morgan fingerprint density at radius 2 is 1.96 bits per heavy atom. The number of hydrogen-bond donors (Lipinski definition) is 1. The van der Waals surface area contributed by atoms with Gasteiger partial charge in [-0.05, 0) is 35.9 Å². The maximum Gasteiger partial charge on any atom is 0.244 e. The molecule has 0 atom stereocenters. The zero-order valence-corrected chi connectivity index (χ0v) is 17.1. The van der Waals surface area contributed by atoms with E-state index in [1.807, 2.05) is 0 Å². The molecule has 0 saturated heterocycles. The summed E-state index contributed by atoms with van der Waals surface area (Å²) in [4.78, 5) is 4.14. The topological polar surface area (TPSA) is 77.5 Å². The van der Waals surface area contributed by atoms with Crippen molar-refractivity contribution in [3.63, 3.8) is 0 Å². The van der Waals surface area contributed by atoms with Crippen LogP contribution in [-0.2, 0) is 16.6 Å². The number of hydrogen-bond acceptors (Lipinski definition) is 5. The highest BCUT2D eigenvalue weighted by Crippen LogP contribution is 2.27. The predicted molar refractivity (Wildman–Crippen MR) is 105 cm³/mol. The number of nitrogens with zero attached hydrogens (tertiary/aromatic N) is 1. The van der Waals surface area contributed by atoms with E-state index < -0.39 is 15.8 Å². The van der Waals surface area contributed by atoms with Crippen LogP contribution in [0.15, 0.2) is 70.2 Å². The number of benzene rings is 2. The fraction of sp³-hybridized carbons (Fsp3) is 0.105. The van der Waals surface area contributed by atoms with E-state index in [0.717, 1.165) is 0 Å². The van der Waals surface area contributed by atoms with Gasteiger partial charge in [-0.3, -0.25) is 0 Å². The van der Waals surface area contributed by atoms with Crippen molar-refractivity contribution in [1.29, 1.82) is 0 Å². The van der Waals surface area contributed by atoms with Crippen molar-refractivity contribution >= 4 is 26.0 Å². The molecule has 0 bridgehead atoms. The van der Waals surface area contributed by atoms with Crippen LogP contribution in [0.4, 0.5) is 4.39 Å². The third-order valence-corrected chi connectivity index (χ3v) is 5.61. The van der Waals surface area contributed by atoms with Crippen LogP contribution in [0.3, 0.4) is 0 Å². The first kappa shape index (κ1) is 20.2. The van der Waals surface area contributed by atoms with Crippen LogP contribution in [0.5, 0.6) is 17.4 Å². The smallest absolute Gasteiger partial charge is 0.244 e. The summed E-state index contributed by atoms with van der Waals surface area (Å²) in [5, 5.41) is 0. The highest BCUT2D eigenvalue weighted by atomic mass is 79.9. The molecule has 0 aliphatic heterocycles. The number of pyridine rings is 1. The van der Waals surface area contributed by atoms with Crippen molar-refractivity contribution in [3.8, 4) is 17.4 Å². The quantitative estimate of drug-likeness (QED) is 0.562. The second kappa shape index (κ2) is 8.68. The minimum Gasteiger partial charge on any atom is -0.495 e. The van der Waals surface area contributed by atoms with E-state index in [0.29, 0.717) is 15.8 Å². The van der Waals surface area contributed by atoms with Crippen LogP contribution < -0.4 is 14.2 Å². The van der Waals surface area contributed by atoms with Gasteiger partial charge in [0.25, 0.3) is 0 Å². The number of methoxy groups -OCH3 is 1. The molecule has 1 aromatic heterocycles. The summed E-state index contributed by atoms with van der Waals surface area (Å²) in [6, 6.07) is 13.7. The van der Waals surface area contributed by atoms with Crippen molar-refractivity contribution in [3.05, 3.63) is 76.6 Å². The van der Waals surface area contributed by atoms with Crippen molar-refractivity contribution in [2.24, 2.45) is 0 Å². The van der Waals surface area contributed by atoms with Gasteiger partial charge in [-0.2, -0.15) is 0 Å². The first-order valence-corrected chi connectivity index (χ1v) is 10.4. The third kappa shape index (κ3) is 5.06. The Hall–Kier alpha value is -2.49. The minimum atomic E-state index is -3.79. The van der Waals surface area contributed by atoms with Crippen LogP contribution in [0, 0.1) is 5.82 Å². The molecule has 0 saturated carbocycles. The fourth-order valence-corrected chi connectivity index (χ4v) is 4.07. The van der Waals surface area contributed by atoms with E-state index in [9.17, 15) is 12.8 Å². The van der Waals surface area contributed by atoms with Gasteiger partial charge < -0.3 is 9.47 Å². The average Bonchev–Trinajstić information content (AvgIpc) is 2.67. The molecule has 0 fully saturated rings. The SMILES string of the molecule is COc1ccc(Br)cc1S(=O)(=O)NCc1ccc(Oc2cccc(F)c2)nc1. The first-order chi connectivity index (χ1) is 13.4. The Morgan fingerprint density at radius 1 is 1.14 bits per heavy atom. The summed E-state index contributed by atoms with van der Waals surface area (Å²) >= 11 is 3.26. The molecule has 9 heteroatoms. The van der Waals surface area contributed by atoms with Gasteiger partial charge in [0, 0.05) is 29.3 Å². The highest BCUT2D eigenvalue weighted by molar-refractivity contribution is 9.10. The van der Waals surface area contributed by atoms with Crippen molar-refractivity contribution in [1.82, 2.24) is 9.71 Å². The Morgan fingerprint density at radius 3 is 2.64 bits per heavy atom. The summed E-state index contributed by atoms with van der Waals surface area (Å²) < 4.78 is 52.1. The van der Waals surface area contributed by atoms with E-state index in [-0.39, 0.29) is 23.1 Å². The number of nitrogens with one attached hydrogen (secondary N) is 1. The third-order valence-electron chi connectivity index (χ3n) is 3.70. The standard InChI is InChI=1S/C19H16BrFN2O4S/c1-26-17-7-6-14(20)9-18(17)28(24,25)23-12-13-5-8-19(22-11-13)27-16-4-2-3-15(21)10-16/h2-11,23H,12H2,1H3. The van der Waals surface area contributed by atoms with Crippen molar-refractivity contribution in [2.75, 3.05) is 7.11 Å². The number of halogens is 2. The fourth-order valence-electron chi connectivity index (χ4n) is 2.34. The maximum absolute atomic E-state index is 13.2. The molecule has 1 N–H and O–H groups in total. The normalized spacial score (nSPS) is 11.2. The summed E-state index contributed by atoms with van der Waals surface area (Å²) in [7, 11) is -2.39. The van der Waals surface area contributed by atoms with Gasteiger partial charge >= 0.3 is 0 Å². The molecule has 1 heterocycles. The molecule has 0 amide bonds. The van der Waals surface area contributed by atoms with Gasteiger partial charge in [0.15, 0.2) is 0 Å². The van der Waals surface area contributed by atoms with Gasteiger partial charge in [-0.15, -0.1) is 0 Å². The Labute approximate surface area is 170 Å². The van der Waals surface area contributed by atoms with Crippen LogP contribution in [0.2, 0.25) is 0 Å². The van der Waals surface area contributed by atoms with Gasteiger partial charge in [-0.25, -0.2) is 22.5 Å². The molecule has 0 unspecified atom stereocenters. The zero-order valence-electron chi connectivity index (χ0n) is 14.7. The van der Waals surface area contributed by atoms with E-state index >= 15 is 0 Å². The van der Waals surface area contributed by atoms with Gasteiger partial charge in [0.2, 0.25) is 15.9 Å². The minimum absolute atomic E-state index is 0.0309. The van der Waals surface area contributed by atoms with E-state index in [2.05, 4.69) is 25.6 Å². The largest absolute Gasteiger partial charge is 0.495 e. The van der Waals surface area contributed by atoms with E-state index in [1.54, 1.807) is 30.3 Å². The lowest BCUT2D eigenvalue weighted by atomic mass is 10.3. The van der Waals surface area contributed by atoms with E-state index in [1.165, 1.54) is 37.6 Å². The zero-order chi connectivity index (χ0) is 20.1. The molecule has 0 spiro atoms. The lowest BCUT2D eigenvalue weighted by molar-refractivity contribution is 0.402. The van der Waals surface area contributed by atoms with Crippen LogP contribution in [0.1, 0.15) is 5.56 Å². The molecule has 0 radical (unpaired) electrons. The summed E-state index contributed by atoms with van der Waals surface area (Å²) in [6.45, 7) is 0.0330. The predicted octanol–water partition coefficient (Wildman–Crippen LogP) is 4.26. The number of ether oxygens (including phenoxy) is 2. The van der Waals surface area contributed by atoms with Crippen LogP contribution >= 0.6 is 15.9 Å². The molecular weight excluding hydrogens is 451 g/mol. The number of aromatic nitrogens is 1. The van der Waals surface area contributed by atoms with Gasteiger partial charge in [-0.1, -0.05) is 28.1 Å². The second-order valence-electron chi connectivity index (χ2n) is 5.68. The number of rotatable bonds is 7. The second-order valence-corrected chi connectivity index (χ2v) is 8.33. The Bertz CT molecular complexity index is 1080. The van der Waals surface area contributed by atoms with Crippen molar-refractivity contribution < 1.29 is 22.3 Å². The van der Waals surface area contributed by atoms with Gasteiger partial charge in [0.1, 0.15) is 22.2 Å². The maximum atomic E-state index is 13.2. The molecule has 28 heavy (non-hydrogen) atoms. The average molecular weight is 467 g/mol. The number of sulfonamides is 1. The monoisotopic (exact) mass is 466 g/mol. The molecule has 6 nitrogen and oxygen atoms in total. The molecule has 2 aromatic carbocycles. The molecule has 3 rings (SSSR count).